The van der Waals surface area contributed by atoms with Gasteiger partial charge in [0.2, 0.25) is 0 Å². The topological polar surface area (TPSA) is 78.9 Å². The molecule has 6 atom stereocenters. The summed E-state index contributed by atoms with van der Waals surface area (Å²) in [4.78, 5) is 37.2. The number of hydrogen-bond acceptors (Lipinski definition) is 6. The van der Waals surface area contributed by atoms with Gasteiger partial charge in [0.1, 0.15) is 17.8 Å². The lowest BCUT2D eigenvalue weighted by molar-refractivity contribution is -0.171. The highest BCUT2D eigenvalue weighted by molar-refractivity contribution is 5.79. The van der Waals surface area contributed by atoms with Crippen molar-refractivity contribution in [1.29, 1.82) is 0 Å². The van der Waals surface area contributed by atoms with Crippen molar-refractivity contribution in [3.05, 3.63) is 0 Å². The van der Waals surface area contributed by atoms with E-state index in [0.29, 0.717) is 12.8 Å². The summed E-state index contributed by atoms with van der Waals surface area (Å²) in [6.45, 7) is 11.0. The molecule has 0 aromatic rings. The monoisotopic (exact) mass is 476 g/mol. The van der Waals surface area contributed by atoms with Crippen molar-refractivity contribution in [1.82, 2.24) is 0 Å². The van der Waals surface area contributed by atoms with Gasteiger partial charge in [0.05, 0.1) is 17.3 Å². The van der Waals surface area contributed by atoms with Gasteiger partial charge in [0, 0.05) is 11.8 Å². The van der Waals surface area contributed by atoms with Crippen molar-refractivity contribution < 1.29 is 28.6 Å². The standard InChI is InChI=1S/C21H32O6.6CH4/c1-7-11(10-21(5,6)19(24)27-20(2,3)4)17(22)25-15-12-8-13-14(9-12)18(23)26-16(13)15;;;;;;/h11-16H,7-10H2,1-6H3;6*1H4. The molecule has 33 heavy (non-hydrogen) atoms. The lowest BCUT2D eigenvalue weighted by Gasteiger charge is -2.32. The second-order valence-electron chi connectivity index (χ2n) is 10.00. The third kappa shape index (κ3) is 7.71. The molecule has 0 amide bonds. The number of carbonyl (C=O) groups is 3. The van der Waals surface area contributed by atoms with E-state index in [0.717, 1.165) is 12.8 Å². The van der Waals surface area contributed by atoms with Crippen LogP contribution in [0.15, 0.2) is 0 Å². The van der Waals surface area contributed by atoms with Crippen molar-refractivity contribution in [3.8, 4) is 0 Å². The summed E-state index contributed by atoms with van der Waals surface area (Å²) < 4.78 is 16.8. The molecule has 0 aromatic carbocycles. The maximum Gasteiger partial charge on any atom is 0.312 e. The molecule has 2 bridgehead atoms. The lowest BCUT2D eigenvalue weighted by Crippen LogP contribution is -2.40. The highest BCUT2D eigenvalue weighted by atomic mass is 16.6. The van der Waals surface area contributed by atoms with Gasteiger partial charge < -0.3 is 14.2 Å². The van der Waals surface area contributed by atoms with E-state index in [2.05, 4.69) is 0 Å². The minimum absolute atomic E-state index is 0. The number of carbonyl (C=O) groups excluding carboxylic acids is 3. The van der Waals surface area contributed by atoms with E-state index in [1.54, 1.807) is 13.8 Å². The Bertz CT molecular complexity index is 633. The van der Waals surface area contributed by atoms with E-state index in [1.165, 1.54) is 0 Å². The molecular formula is C27H56O6. The van der Waals surface area contributed by atoms with Crippen LogP contribution in [-0.2, 0) is 28.6 Å². The largest absolute Gasteiger partial charge is 0.460 e. The molecule has 2 saturated carbocycles. The maximum absolute atomic E-state index is 12.8. The Kier molecular flexibility index (Phi) is 15.6. The molecule has 3 aliphatic rings. The number of rotatable bonds is 6. The van der Waals surface area contributed by atoms with E-state index in [1.807, 2.05) is 27.7 Å². The molecule has 200 valence electrons. The average molecular weight is 477 g/mol. The summed E-state index contributed by atoms with van der Waals surface area (Å²) in [5.41, 5.74) is -1.35. The number of ether oxygens (including phenoxy) is 3. The Morgan fingerprint density at radius 2 is 1.55 bits per heavy atom. The van der Waals surface area contributed by atoms with Crippen molar-refractivity contribution in [3.63, 3.8) is 0 Å². The smallest absolute Gasteiger partial charge is 0.312 e. The molecular weight excluding hydrogens is 420 g/mol. The third-order valence-corrected chi connectivity index (χ3v) is 6.20. The zero-order valence-corrected chi connectivity index (χ0v) is 17.2. The minimum atomic E-state index is -0.785. The molecule has 1 aliphatic heterocycles. The zero-order valence-electron chi connectivity index (χ0n) is 17.2. The van der Waals surface area contributed by atoms with Gasteiger partial charge in [0.25, 0.3) is 0 Å². The molecule has 3 fully saturated rings. The van der Waals surface area contributed by atoms with Crippen molar-refractivity contribution >= 4 is 17.9 Å². The molecule has 0 spiro atoms. The van der Waals surface area contributed by atoms with Crippen LogP contribution in [0.2, 0.25) is 0 Å². The Morgan fingerprint density at radius 1 is 1.00 bits per heavy atom. The Labute approximate surface area is 205 Å². The summed E-state index contributed by atoms with van der Waals surface area (Å²) in [5.74, 6) is -0.706. The first kappa shape index (κ1) is 38.7. The number of hydrogen-bond donors (Lipinski definition) is 0. The molecule has 6 unspecified atom stereocenters. The maximum atomic E-state index is 12.8. The van der Waals surface area contributed by atoms with Crippen molar-refractivity contribution in [2.24, 2.45) is 29.1 Å². The second-order valence-corrected chi connectivity index (χ2v) is 10.00. The molecule has 0 aromatic heterocycles. The predicted molar refractivity (Wildman–Crippen MR) is 138 cm³/mol. The molecule has 1 saturated heterocycles. The van der Waals surface area contributed by atoms with Crippen LogP contribution in [-0.4, -0.2) is 35.7 Å². The van der Waals surface area contributed by atoms with Crippen molar-refractivity contribution in [2.75, 3.05) is 0 Å². The van der Waals surface area contributed by atoms with Crippen LogP contribution in [0.3, 0.4) is 0 Å². The van der Waals surface area contributed by atoms with E-state index < -0.39 is 11.0 Å². The van der Waals surface area contributed by atoms with E-state index >= 15 is 0 Å². The SMILES string of the molecule is C.C.C.C.C.C.CCC(CC(C)(C)C(=O)OC(C)(C)C)C(=O)OC1C2CC3C(=O)OC1C3C2. The van der Waals surface area contributed by atoms with Crippen LogP contribution in [0, 0.1) is 29.1 Å². The molecule has 6 heteroatoms. The van der Waals surface area contributed by atoms with Gasteiger partial charge >= 0.3 is 17.9 Å². The van der Waals surface area contributed by atoms with Crippen molar-refractivity contribution in [2.45, 2.75) is 130 Å². The quantitative estimate of drug-likeness (QED) is 0.301. The molecule has 6 nitrogen and oxygen atoms in total. The van der Waals surface area contributed by atoms with Gasteiger partial charge in [-0.2, -0.15) is 0 Å². The van der Waals surface area contributed by atoms with E-state index in [-0.39, 0.29) is 98.3 Å². The van der Waals surface area contributed by atoms with Gasteiger partial charge in [0.15, 0.2) is 0 Å². The Hall–Kier alpha value is -1.59. The number of fused-ring (bicyclic) bond motifs is 1. The first-order valence-electron chi connectivity index (χ1n) is 10.1. The Balaban J connectivity index is -0.000000701. The van der Waals surface area contributed by atoms with Gasteiger partial charge in [-0.25, -0.2) is 0 Å². The van der Waals surface area contributed by atoms with Gasteiger partial charge in [-0.3, -0.25) is 14.4 Å². The third-order valence-electron chi connectivity index (χ3n) is 6.20. The van der Waals surface area contributed by atoms with Crippen LogP contribution in [0.1, 0.15) is 112 Å². The summed E-state index contributed by atoms with van der Waals surface area (Å²) in [5, 5.41) is 0. The van der Waals surface area contributed by atoms with Gasteiger partial charge in [-0.15, -0.1) is 0 Å². The van der Waals surface area contributed by atoms with Crippen LogP contribution in [0.5, 0.6) is 0 Å². The summed E-state index contributed by atoms with van der Waals surface area (Å²) in [6.07, 6.45) is 2.01. The molecule has 0 N–H and O–H groups in total. The molecule has 2 aliphatic carbocycles. The highest BCUT2D eigenvalue weighted by Gasteiger charge is 2.63. The number of esters is 3. The first-order valence-corrected chi connectivity index (χ1v) is 10.1. The highest BCUT2D eigenvalue weighted by Crippen LogP contribution is 2.55. The van der Waals surface area contributed by atoms with Crippen LogP contribution >= 0.6 is 0 Å². The minimum Gasteiger partial charge on any atom is -0.460 e. The summed E-state index contributed by atoms with van der Waals surface area (Å²) in [6, 6.07) is 0. The van der Waals surface area contributed by atoms with E-state index in [9.17, 15) is 14.4 Å². The average Bonchev–Trinajstić information content (AvgIpc) is 3.15. The first-order chi connectivity index (χ1) is 12.4. The second kappa shape index (κ2) is 13.3. The summed E-state index contributed by atoms with van der Waals surface area (Å²) in [7, 11) is 0. The zero-order chi connectivity index (χ0) is 20.1. The fourth-order valence-corrected chi connectivity index (χ4v) is 4.80. The van der Waals surface area contributed by atoms with E-state index in [4.69, 9.17) is 14.2 Å². The Morgan fingerprint density at radius 3 is 2.03 bits per heavy atom. The summed E-state index contributed by atoms with van der Waals surface area (Å²) >= 11 is 0. The fraction of sp³-hybridized carbons (Fsp3) is 0.889. The lowest BCUT2D eigenvalue weighted by atomic mass is 9.81. The molecule has 3 rings (SSSR count). The van der Waals surface area contributed by atoms with Crippen LogP contribution in [0.25, 0.3) is 0 Å². The van der Waals surface area contributed by atoms with Gasteiger partial charge in [-0.1, -0.05) is 51.5 Å². The fourth-order valence-electron chi connectivity index (χ4n) is 4.80. The predicted octanol–water partition coefficient (Wildman–Crippen LogP) is 7.08. The van der Waals surface area contributed by atoms with Crippen LogP contribution < -0.4 is 0 Å². The molecule has 0 radical (unpaired) electrons. The normalized spacial score (nSPS) is 27.0. The van der Waals surface area contributed by atoms with Gasteiger partial charge in [-0.05, 0) is 60.3 Å². The molecule has 1 heterocycles. The van der Waals surface area contributed by atoms with Crippen LogP contribution in [0.4, 0.5) is 0 Å².